The number of ether oxygens (including phenoxy) is 1. The SMILES string of the molecule is COc1ccccc1-c1ccccc1NC=O. The molecule has 0 heterocycles. The summed E-state index contributed by atoms with van der Waals surface area (Å²) in [6.07, 6.45) is 0.675. The van der Waals surface area contributed by atoms with Crippen LogP contribution in [-0.4, -0.2) is 13.5 Å². The number of rotatable bonds is 4. The van der Waals surface area contributed by atoms with E-state index in [1.807, 2.05) is 48.5 Å². The van der Waals surface area contributed by atoms with E-state index in [0.29, 0.717) is 6.41 Å². The first-order valence-corrected chi connectivity index (χ1v) is 5.29. The number of carbonyl (C=O) groups excluding carboxylic acids is 1. The van der Waals surface area contributed by atoms with Crippen molar-refractivity contribution in [1.82, 2.24) is 0 Å². The molecule has 3 nitrogen and oxygen atoms in total. The molecule has 0 fully saturated rings. The van der Waals surface area contributed by atoms with Crippen molar-refractivity contribution in [3.8, 4) is 16.9 Å². The number of carbonyl (C=O) groups is 1. The molecular weight excluding hydrogens is 214 g/mol. The molecule has 0 saturated carbocycles. The lowest BCUT2D eigenvalue weighted by atomic mass is 10.0. The second-order valence-corrected chi connectivity index (χ2v) is 3.51. The van der Waals surface area contributed by atoms with Gasteiger partial charge >= 0.3 is 0 Å². The van der Waals surface area contributed by atoms with Crippen LogP contribution in [0.1, 0.15) is 0 Å². The van der Waals surface area contributed by atoms with Crippen LogP contribution < -0.4 is 10.1 Å². The molecule has 2 aromatic carbocycles. The summed E-state index contributed by atoms with van der Waals surface area (Å²) in [4.78, 5) is 10.6. The van der Waals surface area contributed by atoms with Crippen LogP contribution in [0.4, 0.5) is 5.69 Å². The number of anilines is 1. The molecule has 0 unspecified atom stereocenters. The monoisotopic (exact) mass is 227 g/mol. The number of benzene rings is 2. The molecule has 0 aliphatic carbocycles. The average Bonchev–Trinajstić information content (AvgIpc) is 2.40. The van der Waals surface area contributed by atoms with Crippen molar-refractivity contribution in [3.63, 3.8) is 0 Å². The third-order valence-corrected chi connectivity index (χ3v) is 2.54. The van der Waals surface area contributed by atoms with Crippen LogP contribution in [0, 0.1) is 0 Å². The Morgan fingerprint density at radius 2 is 1.65 bits per heavy atom. The Bertz CT molecular complexity index is 523. The van der Waals surface area contributed by atoms with Crippen LogP contribution in [0.5, 0.6) is 5.75 Å². The first-order chi connectivity index (χ1) is 8.36. The van der Waals surface area contributed by atoms with Crippen molar-refractivity contribution < 1.29 is 9.53 Å². The number of hydrogen-bond acceptors (Lipinski definition) is 2. The zero-order valence-corrected chi connectivity index (χ0v) is 9.51. The summed E-state index contributed by atoms with van der Waals surface area (Å²) in [5.41, 5.74) is 2.67. The number of amides is 1. The summed E-state index contributed by atoms with van der Waals surface area (Å²) in [7, 11) is 1.63. The minimum Gasteiger partial charge on any atom is -0.496 e. The number of methoxy groups -OCH3 is 1. The zero-order valence-electron chi connectivity index (χ0n) is 9.51. The van der Waals surface area contributed by atoms with Crippen LogP contribution in [0.3, 0.4) is 0 Å². The van der Waals surface area contributed by atoms with Gasteiger partial charge in [0.15, 0.2) is 0 Å². The maximum absolute atomic E-state index is 10.6. The van der Waals surface area contributed by atoms with Crippen molar-refractivity contribution in [2.45, 2.75) is 0 Å². The highest BCUT2D eigenvalue weighted by Gasteiger charge is 2.08. The van der Waals surface area contributed by atoms with E-state index < -0.39 is 0 Å². The fraction of sp³-hybridized carbons (Fsp3) is 0.0714. The molecule has 0 atom stereocenters. The van der Waals surface area contributed by atoms with Crippen molar-refractivity contribution in [1.29, 1.82) is 0 Å². The van der Waals surface area contributed by atoms with E-state index in [4.69, 9.17) is 4.74 Å². The summed E-state index contributed by atoms with van der Waals surface area (Å²) >= 11 is 0. The van der Waals surface area contributed by atoms with Crippen LogP contribution in [-0.2, 0) is 4.79 Å². The minimum atomic E-state index is 0.675. The molecule has 3 heteroatoms. The van der Waals surface area contributed by atoms with Gasteiger partial charge in [-0.2, -0.15) is 0 Å². The Morgan fingerprint density at radius 1 is 1.00 bits per heavy atom. The molecule has 0 aromatic heterocycles. The van der Waals surface area contributed by atoms with Gasteiger partial charge in [-0.3, -0.25) is 4.79 Å². The molecule has 86 valence electrons. The Kier molecular flexibility index (Phi) is 3.40. The van der Waals surface area contributed by atoms with Crippen molar-refractivity contribution in [2.75, 3.05) is 12.4 Å². The van der Waals surface area contributed by atoms with E-state index in [1.54, 1.807) is 7.11 Å². The normalized spacial score (nSPS) is 9.71. The van der Waals surface area contributed by atoms with E-state index in [-0.39, 0.29) is 0 Å². The van der Waals surface area contributed by atoms with Crippen molar-refractivity contribution in [2.24, 2.45) is 0 Å². The van der Waals surface area contributed by atoms with Gasteiger partial charge in [-0.1, -0.05) is 36.4 Å². The molecule has 1 N–H and O–H groups in total. The van der Waals surface area contributed by atoms with E-state index in [2.05, 4.69) is 5.32 Å². The van der Waals surface area contributed by atoms with Crippen LogP contribution >= 0.6 is 0 Å². The number of nitrogens with one attached hydrogen (secondary N) is 1. The quantitative estimate of drug-likeness (QED) is 0.815. The summed E-state index contributed by atoms with van der Waals surface area (Å²) in [5.74, 6) is 0.785. The lowest BCUT2D eigenvalue weighted by Gasteiger charge is -2.11. The van der Waals surface area contributed by atoms with Gasteiger partial charge in [-0.05, 0) is 12.1 Å². The second-order valence-electron chi connectivity index (χ2n) is 3.51. The summed E-state index contributed by atoms with van der Waals surface area (Å²) in [5, 5.41) is 2.69. The predicted octanol–water partition coefficient (Wildman–Crippen LogP) is 2.93. The van der Waals surface area contributed by atoms with Gasteiger partial charge in [0.05, 0.1) is 7.11 Å². The molecular formula is C14H13NO2. The highest BCUT2D eigenvalue weighted by molar-refractivity contribution is 5.87. The Hall–Kier alpha value is -2.29. The Labute approximate surface area is 100 Å². The lowest BCUT2D eigenvalue weighted by molar-refractivity contribution is -0.105. The van der Waals surface area contributed by atoms with Gasteiger partial charge in [0.2, 0.25) is 6.41 Å². The van der Waals surface area contributed by atoms with Gasteiger partial charge in [0, 0.05) is 16.8 Å². The van der Waals surface area contributed by atoms with Gasteiger partial charge in [0.1, 0.15) is 5.75 Å². The van der Waals surface area contributed by atoms with Gasteiger partial charge in [-0.15, -0.1) is 0 Å². The Balaban J connectivity index is 2.55. The first-order valence-electron chi connectivity index (χ1n) is 5.29. The highest BCUT2D eigenvalue weighted by Crippen LogP contribution is 2.34. The smallest absolute Gasteiger partial charge is 0.211 e. The molecule has 2 aromatic rings. The van der Waals surface area contributed by atoms with E-state index in [1.165, 1.54) is 0 Å². The summed E-state index contributed by atoms with van der Waals surface area (Å²) < 4.78 is 5.32. The maximum Gasteiger partial charge on any atom is 0.211 e. The molecule has 0 saturated heterocycles. The molecule has 0 aliphatic rings. The van der Waals surface area contributed by atoms with E-state index in [9.17, 15) is 4.79 Å². The number of hydrogen-bond donors (Lipinski definition) is 1. The molecule has 1 amide bonds. The lowest BCUT2D eigenvalue weighted by Crippen LogP contribution is -1.97. The molecule has 0 spiro atoms. The van der Waals surface area contributed by atoms with Crippen molar-refractivity contribution in [3.05, 3.63) is 48.5 Å². The molecule has 2 rings (SSSR count). The number of para-hydroxylation sites is 2. The zero-order chi connectivity index (χ0) is 12.1. The predicted molar refractivity (Wildman–Crippen MR) is 68.1 cm³/mol. The fourth-order valence-corrected chi connectivity index (χ4v) is 1.77. The summed E-state index contributed by atoms with van der Waals surface area (Å²) in [6.45, 7) is 0. The second kappa shape index (κ2) is 5.16. The highest BCUT2D eigenvalue weighted by atomic mass is 16.5. The van der Waals surface area contributed by atoms with E-state index in [0.717, 1.165) is 22.6 Å². The third-order valence-electron chi connectivity index (χ3n) is 2.54. The molecule has 0 radical (unpaired) electrons. The van der Waals surface area contributed by atoms with Crippen LogP contribution in [0.2, 0.25) is 0 Å². The molecule has 17 heavy (non-hydrogen) atoms. The first kappa shape index (κ1) is 11.2. The molecule has 0 bridgehead atoms. The maximum atomic E-state index is 10.6. The Morgan fingerprint density at radius 3 is 2.35 bits per heavy atom. The van der Waals surface area contributed by atoms with Gasteiger partial charge < -0.3 is 10.1 Å². The third kappa shape index (κ3) is 2.28. The van der Waals surface area contributed by atoms with Crippen molar-refractivity contribution >= 4 is 12.1 Å². The largest absolute Gasteiger partial charge is 0.496 e. The topological polar surface area (TPSA) is 38.3 Å². The molecule has 0 aliphatic heterocycles. The summed E-state index contributed by atoms with van der Waals surface area (Å²) in [6, 6.07) is 15.3. The van der Waals surface area contributed by atoms with Crippen LogP contribution in [0.15, 0.2) is 48.5 Å². The standard InChI is InChI=1S/C14H13NO2/c1-17-14-9-5-3-7-12(14)11-6-2-4-8-13(11)15-10-16/h2-10H,1H3,(H,15,16). The minimum absolute atomic E-state index is 0.675. The average molecular weight is 227 g/mol. The van der Waals surface area contributed by atoms with Crippen LogP contribution in [0.25, 0.3) is 11.1 Å². The van der Waals surface area contributed by atoms with Gasteiger partial charge in [-0.25, -0.2) is 0 Å². The van der Waals surface area contributed by atoms with Gasteiger partial charge in [0.25, 0.3) is 0 Å². The fourth-order valence-electron chi connectivity index (χ4n) is 1.77. The van der Waals surface area contributed by atoms with E-state index >= 15 is 0 Å².